The van der Waals surface area contributed by atoms with Gasteiger partial charge in [-0.05, 0) is 38.1 Å². The van der Waals surface area contributed by atoms with Crippen molar-refractivity contribution in [3.8, 4) is 5.75 Å². The number of carbonyl (C=O) groups excluding carboxylic acids is 1. The first-order valence-corrected chi connectivity index (χ1v) is 7.00. The number of hydrogen-bond donors (Lipinski definition) is 1. The third kappa shape index (κ3) is 3.01. The fourth-order valence-corrected chi connectivity index (χ4v) is 2.16. The standard InChI is InChI=1S/C16H17N3O3/c1-11-5-7-13(8-6-11)22-10-15(20)19-12(2)17-16(18-19)14-4-3-9-21-14/h3-9,16,18H,10H2,1-2H3. The Hall–Kier alpha value is -2.60. The summed E-state index contributed by atoms with van der Waals surface area (Å²) in [5.41, 5.74) is 4.14. The number of furan rings is 1. The van der Waals surface area contributed by atoms with Crippen molar-refractivity contribution in [1.29, 1.82) is 0 Å². The quantitative estimate of drug-likeness (QED) is 0.941. The molecule has 6 nitrogen and oxygen atoms in total. The topological polar surface area (TPSA) is 67.1 Å². The van der Waals surface area contributed by atoms with Crippen LogP contribution in [0, 0.1) is 6.92 Å². The van der Waals surface area contributed by atoms with E-state index in [0.717, 1.165) is 5.56 Å². The Morgan fingerprint density at radius 2 is 2.09 bits per heavy atom. The van der Waals surface area contributed by atoms with E-state index < -0.39 is 0 Å². The van der Waals surface area contributed by atoms with Crippen LogP contribution < -0.4 is 10.2 Å². The summed E-state index contributed by atoms with van der Waals surface area (Å²) in [5.74, 6) is 1.69. The first-order chi connectivity index (χ1) is 10.6. The predicted molar refractivity (Wildman–Crippen MR) is 81.2 cm³/mol. The van der Waals surface area contributed by atoms with Gasteiger partial charge in [-0.2, -0.15) is 5.43 Å². The lowest BCUT2D eigenvalue weighted by Gasteiger charge is -2.17. The summed E-state index contributed by atoms with van der Waals surface area (Å²) < 4.78 is 10.8. The van der Waals surface area contributed by atoms with Gasteiger partial charge in [0.1, 0.15) is 17.3 Å². The molecular formula is C16H17N3O3. The van der Waals surface area contributed by atoms with Gasteiger partial charge in [-0.25, -0.2) is 10.0 Å². The van der Waals surface area contributed by atoms with Crippen molar-refractivity contribution in [2.75, 3.05) is 6.61 Å². The molecule has 0 saturated carbocycles. The fourth-order valence-electron chi connectivity index (χ4n) is 2.16. The molecule has 114 valence electrons. The number of ether oxygens (including phenoxy) is 1. The maximum atomic E-state index is 12.2. The Labute approximate surface area is 128 Å². The summed E-state index contributed by atoms with van der Waals surface area (Å²) in [6.45, 7) is 3.70. The van der Waals surface area contributed by atoms with Gasteiger partial charge in [-0.15, -0.1) is 0 Å². The second-order valence-corrected chi connectivity index (χ2v) is 5.05. The van der Waals surface area contributed by atoms with Gasteiger partial charge in [-0.3, -0.25) is 4.79 Å². The number of nitrogens with zero attached hydrogens (tertiary/aromatic N) is 2. The van der Waals surface area contributed by atoms with Gasteiger partial charge < -0.3 is 9.15 Å². The fraction of sp³-hybridized carbons (Fsp3) is 0.250. The average molecular weight is 299 g/mol. The van der Waals surface area contributed by atoms with Gasteiger partial charge in [0.15, 0.2) is 12.8 Å². The van der Waals surface area contributed by atoms with Crippen LogP contribution in [0.5, 0.6) is 5.75 Å². The minimum atomic E-state index is -0.377. The van der Waals surface area contributed by atoms with Gasteiger partial charge in [0, 0.05) is 0 Å². The summed E-state index contributed by atoms with van der Waals surface area (Å²) in [6.07, 6.45) is 1.20. The smallest absolute Gasteiger partial charge is 0.280 e. The molecule has 0 fully saturated rings. The lowest BCUT2D eigenvalue weighted by atomic mass is 10.2. The summed E-state index contributed by atoms with van der Waals surface area (Å²) in [5, 5.41) is 1.39. The zero-order valence-corrected chi connectivity index (χ0v) is 12.4. The molecule has 0 saturated heterocycles. The van der Waals surface area contributed by atoms with E-state index in [9.17, 15) is 4.79 Å². The zero-order valence-electron chi connectivity index (χ0n) is 12.4. The van der Waals surface area contributed by atoms with E-state index >= 15 is 0 Å². The molecule has 0 aliphatic carbocycles. The molecule has 1 amide bonds. The zero-order chi connectivity index (χ0) is 15.5. The molecular weight excluding hydrogens is 282 g/mol. The van der Waals surface area contributed by atoms with Crippen molar-refractivity contribution in [3.63, 3.8) is 0 Å². The minimum absolute atomic E-state index is 0.0617. The lowest BCUT2D eigenvalue weighted by Crippen LogP contribution is -2.44. The number of aryl methyl sites for hydroxylation is 1. The van der Waals surface area contributed by atoms with Gasteiger partial charge in [0.25, 0.3) is 5.91 Å². The Balaban J connectivity index is 1.59. The maximum Gasteiger partial charge on any atom is 0.280 e. The Kier molecular flexibility index (Phi) is 3.93. The number of amidine groups is 1. The number of benzene rings is 1. The van der Waals surface area contributed by atoms with Crippen LogP contribution in [0.4, 0.5) is 0 Å². The molecule has 1 N–H and O–H groups in total. The van der Waals surface area contributed by atoms with Crippen LogP contribution in [0.1, 0.15) is 24.4 Å². The van der Waals surface area contributed by atoms with Crippen molar-refractivity contribution in [1.82, 2.24) is 10.4 Å². The van der Waals surface area contributed by atoms with Crippen LogP contribution in [0.3, 0.4) is 0 Å². The monoisotopic (exact) mass is 299 g/mol. The Bertz CT molecular complexity index is 677. The molecule has 0 spiro atoms. The van der Waals surface area contributed by atoms with Gasteiger partial charge in [-0.1, -0.05) is 17.7 Å². The lowest BCUT2D eigenvalue weighted by molar-refractivity contribution is -0.131. The highest BCUT2D eigenvalue weighted by molar-refractivity contribution is 5.98. The second-order valence-electron chi connectivity index (χ2n) is 5.05. The molecule has 1 unspecified atom stereocenters. The highest BCUT2D eigenvalue weighted by Crippen LogP contribution is 2.21. The van der Waals surface area contributed by atoms with Gasteiger partial charge in [0.05, 0.1) is 6.26 Å². The maximum absolute atomic E-state index is 12.2. The molecule has 6 heteroatoms. The molecule has 1 aromatic heterocycles. The molecule has 2 heterocycles. The van der Waals surface area contributed by atoms with Crippen LogP contribution in [-0.4, -0.2) is 23.4 Å². The molecule has 22 heavy (non-hydrogen) atoms. The van der Waals surface area contributed by atoms with Gasteiger partial charge in [0.2, 0.25) is 0 Å². The summed E-state index contributed by atoms with van der Waals surface area (Å²) >= 11 is 0. The first kappa shape index (κ1) is 14.3. The van der Waals surface area contributed by atoms with Crippen molar-refractivity contribution in [2.24, 2.45) is 4.99 Å². The van der Waals surface area contributed by atoms with Crippen LogP contribution in [0.15, 0.2) is 52.1 Å². The second kappa shape index (κ2) is 6.03. The molecule has 3 rings (SSSR count). The number of amides is 1. The summed E-state index contributed by atoms with van der Waals surface area (Å²) in [7, 11) is 0. The van der Waals surface area contributed by atoms with E-state index in [0.29, 0.717) is 17.3 Å². The summed E-state index contributed by atoms with van der Waals surface area (Å²) in [6, 6.07) is 11.2. The molecule has 1 aromatic carbocycles. The van der Waals surface area contributed by atoms with E-state index in [1.54, 1.807) is 19.3 Å². The molecule has 0 radical (unpaired) electrons. The van der Waals surface area contributed by atoms with Crippen LogP contribution in [0.25, 0.3) is 0 Å². The molecule has 1 aliphatic heterocycles. The third-order valence-corrected chi connectivity index (χ3v) is 3.34. The van der Waals surface area contributed by atoms with E-state index in [2.05, 4.69) is 10.4 Å². The van der Waals surface area contributed by atoms with Crippen molar-refractivity contribution >= 4 is 11.7 Å². The van der Waals surface area contributed by atoms with E-state index in [4.69, 9.17) is 9.15 Å². The number of rotatable bonds is 4. The SMILES string of the molecule is CC1=NC(c2ccco2)NN1C(=O)COc1ccc(C)cc1. The Morgan fingerprint density at radius 1 is 1.32 bits per heavy atom. The number of nitrogens with one attached hydrogen (secondary N) is 1. The van der Waals surface area contributed by atoms with Crippen molar-refractivity contribution in [3.05, 3.63) is 54.0 Å². The van der Waals surface area contributed by atoms with E-state index in [1.165, 1.54) is 5.01 Å². The average Bonchev–Trinajstić information content (AvgIpc) is 3.15. The third-order valence-electron chi connectivity index (χ3n) is 3.34. The molecule has 2 aromatic rings. The normalized spacial score (nSPS) is 17.5. The van der Waals surface area contributed by atoms with Gasteiger partial charge >= 0.3 is 0 Å². The first-order valence-electron chi connectivity index (χ1n) is 7.00. The highest BCUT2D eigenvalue weighted by atomic mass is 16.5. The van der Waals surface area contributed by atoms with Crippen molar-refractivity contribution < 1.29 is 13.9 Å². The number of aliphatic imine (C=N–C) groups is 1. The molecule has 0 bridgehead atoms. The van der Waals surface area contributed by atoms with Crippen LogP contribution in [0.2, 0.25) is 0 Å². The highest BCUT2D eigenvalue weighted by Gasteiger charge is 2.29. The molecule has 1 atom stereocenters. The minimum Gasteiger partial charge on any atom is -0.484 e. The van der Waals surface area contributed by atoms with E-state index in [-0.39, 0.29) is 18.7 Å². The van der Waals surface area contributed by atoms with E-state index in [1.807, 2.05) is 37.3 Å². The number of hydrazine groups is 1. The number of hydrogen-bond acceptors (Lipinski definition) is 5. The number of carbonyl (C=O) groups is 1. The molecule has 1 aliphatic rings. The predicted octanol–water partition coefficient (Wildman–Crippen LogP) is 2.43. The summed E-state index contributed by atoms with van der Waals surface area (Å²) in [4.78, 5) is 16.6. The van der Waals surface area contributed by atoms with Crippen LogP contribution in [-0.2, 0) is 4.79 Å². The largest absolute Gasteiger partial charge is 0.484 e. The van der Waals surface area contributed by atoms with Crippen molar-refractivity contribution in [2.45, 2.75) is 20.0 Å². The Morgan fingerprint density at radius 3 is 2.77 bits per heavy atom. The van der Waals surface area contributed by atoms with Crippen LogP contribution >= 0.6 is 0 Å².